The minimum atomic E-state index is -3.10. The molecule has 1 N–H and O–H groups in total. The van der Waals surface area contributed by atoms with Crippen LogP contribution in [0.4, 0.5) is 10.1 Å². The third-order valence-electron chi connectivity index (χ3n) is 5.77. The van der Waals surface area contributed by atoms with Gasteiger partial charge in [0.25, 0.3) is 5.91 Å². The number of halogens is 1. The molecule has 1 amide bonds. The number of nitrogens with zero attached hydrogens (tertiary/aromatic N) is 3. The van der Waals surface area contributed by atoms with Crippen molar-refractivity contribution >= 4 is 32.5 Å². The Labute approximate surface area is 173 Å². The number of carbonyl (C=O) groups is 1. The van der Waals surface area contributed by atoms with Crippen molar-refractivity contribution in [3.8, 4) is 0 Å². The minimum absolute atomic E-state index is 0.0231. The highest BCUT2D eigenvalue weighted by Crippen LogP contribution is 2.41. The predicted octanol–water partition coefficient (Wildman–Crippen LogP) is 3.37. The lowest BCUT2D eigenvalue weighted by Gasteiger charge is -2.12. The summed E-state index contributed by atoms with van der Waals surface area (Å²) in [6.07, 6.45) is 2.47. The molecule has 3 heterocycles. The number of sulfone groups is 1. The maximum Gasteiger partial charge on any atom is 0.256 e. The highest BCUT2D eigenvalue weighted by molar-refractivity contribution is 7.91. The number of benzene rings is 1. The third kappa shape index (κ3) is 3.36. The Morgan fingerprint density at radius 3 is 2.67 bits per heavy atom. The van der Waals surface area contributed by atoms with Crippen LogP contribution in [0.2, 0.25) is 0 Å². The maximum absolute atomic E-state index is 14.1. The maximum atomic E-state index is 14.1. The number of aryl methyl sites for hydroxylation is 1. The number of amides is 1. The molecule has 3 aromatic rings. The van der Waals surface area contributed by atoms with E-state index < -0.39 is 21.6 Å². The van der Waals surface area contributed by atoms with Gasteiger partial charge in [0.15, 0.2) is 15.5 Å². The number of hydrogen-bond donors (Lipinski definition) is 1. The Kier molecular flexibility index (Phi) is 4.39. The molecule has 1 saturated carbocycles. The summed E-state index contributed by atoms with van der Waals surface area (Å²) in [5, 5.41) is 7.79. The molecule has 30 heavy (non-hydrogen) atoms. The summed E-state index contributed by atoms with van der Waals surface area (Å²) >= 11 is 0. The molecule has 0 unspecified atom stereocenters. The fourth-order valence-corrected chi connectivity index (χ4v) is 5.77. The lowest BCUT2D eigenvalue weighted by Crippen LogP contribution is -2.16. The molecule has 0 spiro atoms. The van der Waals surface area contributed by atoms with Crippen LogP contribution in [-0.2, 0) is 9.84 Å². The number of fused-ring (bicyclic) bond motifs is 1. The number of rotatable bonds is 4. The molecule has 1 atom stereocenters. The van der Waals surface area contributed by atoms with E-state index in [-0.39, 0.29) is 29.2 Å². The Morgan fingerprint density at radius 1 is 1.23 bits per heavy atom. The van der Waals surface area contributed by atoms with Crippen LogP contribution >= 0.6 is 0 Å². The van der Waals surface area contributed by atoms with Crippen molar-refractivity contribution in [2.75, 3.05) is 16.8 Å². The predicted molar refractivity (Wildman–Crippen MR) is 111 cm³/mol. The first-order chi connectivity index (χ1) is 14.3. The average molecular weight is 428 g/mol. The molecule has 1 saturated heterocycles. The van der Waals surface area contributed by atoms with Crippen LogP contribution in [0.25, 0.3) is 11.0 Å². The van der Waals surface area contributed by atoms with E-state index in [1.165, 1.54) is 12.1 Å². The summed E-state index contributed by atoms with van der Waals surface area (Å²) in [6, 6.07) is 7.48. The normalized spacial score (nSPS) is 20.5. The number of aromatic nitrogens is 3. The first-order valence-electron chi connectivity index (χ1n) is 9.98. The summed E-state index contributed by atoms with van der Waals surface area (Å²) in [4.78, 5) is 17.9. The van der Waals surface area contributed by atoms with Crippen LogP contribution < -0.4 is 5.32 Å². The van der Waals surface area contributed by atoms with Gasteiger partial charge in [-0.25, -0.2) is 22.5 Å². The van der Waals surface area contributed by atoms with Crippen LogP contribution in [0.3, 0.4) is 0 Å². The standard InChI is InChI=1S/C21H21FN4O3S/c1-12-19-15(21(27)24-17-5-3-2-4-16(17)22)10-18(13-6-7-13)23-20(19)26(25-12)14-8-9-30(28,29)11-14/h2-5,10,13-14H,6-9,11H2,1H3,(H,24,27)/t14-/m1/s1. The van der Waals surface area contributed by atoms with Crippen molar-refractivity contribution in [1.82, 2.24) is 14.8 Å². The second kappa shape index (κ2) is 6.87. The lowest BCUT2D eigenvalue weighted by atomic mass is 10.1. The van der Waals surface area contributed by atoms with Crippen LogP contribution in [0.5, 0.6) is 0 Å². The smallest absolute Gasteiger partial charge is 0.256 e. The molecule has 1 aliphatic carbocycles. The first kappa shape index (κ1) is 19.2. The number of carbonyl (C=O) groups excluding carboxylic acids is 1. The number of nitrogens with one attached hydrogen (secondary N) is 1. The van der Waals surface area contributed by atoms with Crippen LogP contribution in [0, 0.1) is 12.7 Å². The molecule has 1 aliphatic heterocycles. The number of hydrogen-bond acceptors (Lipinski definition) is 5. The van der Waals surface area contributed by atoms with Crippen LogP contribution in [0.15, 0.2) is 30.3 Å². The number of pyridine rings is 1. The Hall–Kier alpha value is -2.81. The van der Waals surface area contributed by atoms with Gasteiger partial charge in [0, 0.05) is 11.6 Å². The molecular formula is C21H21FN4O3S. The summed E-state index contributed by atoms with van der Waals surface area (Å²) in [7, 11) is -3.10. The van der Waals surface area contributed by atoms with E-state index in [4.69, 9.17) is 4.98 Å². The van der Waals surface area contributed by atoms with E-state index in [0.717, 1.165) is 18.5 Å². The molecule has 1 aromatic carbocycles. The Balaban J connectivity index is 1.63. The van der Waals surface area contributed by atoms with Gasteiger partial charge < -0.3 is 5.32 Å². The number of anilines is 1. The van der Waals surface area contributed by atoms with E-state index in [9.17, 15) is 17.6 Å². The van der Waals surface area contributed by atoms with Gasteiger partial charge in [0.2, 0.25) is 0 Å². The Bertz CT molecular complexity index is 1280. The molecule has 156 valence electrons. The van der Waals surface area contributed by atoms with E-state index in [2.05, 4.69) is 10.4 Å². The van der Waals surface area contributed by atoms with Gasteiger partial charge in [-0.05, 0) is 44.4 Å². The van der Waals surface area contributed by atoms with Crippen molar-refractivity contribution in [3.63, 3.8) is 0 Å². The fraction of sp³-hybridized carbons (Fsp3) is 0.381. The average Bonchev–Trinajstić information content (AvgIpc) is 3.42. The van der Waals surface area contributed by atoms with E-state index in [1.807, 2.05) is 0 Å². The van der Waals surface area contributed by atoms with E-state index >= 15 is 0 Å². The van der Waals surface area contributed by atoms with Crippen LogP contribution in [-0.4, -0.2) is 40.6 Å². The lowest BCUT2D eigenvalue weighted by molar-refractivity contribution is 0.102. The van der Waals surface area contributed by atoms with E-state index in [1.54, 1.807) is 29.8 Å². The molecule has 9 heteroatoms. The summed E-state index contributed by atoms with van der Waals surface area (Å²) in [6.45, 7) is 1.78. The van der Waals surface area contributed by atoms with Crippen molar-refractivity contribution in [1.29, 1.82) is 0 Å². The van der Waals surface area contributed by atoms with Gasteiger partial charge in [0.1, 0.15) is 5.82 Å². The molecule has 2 aliphatic rings. The van der Waals surface area contributed by atoms with E-state index in [0.29, 0.717) is 28.7 Å². The van der Waals surface area contributed by atoms with Crippen molar-refractivity contribution in [2.24, 2.45) is 0 Å². The van der Waals surface area contributed by atoms with Crippen molar-refractivity contribution in [3.05, 3.63) is 53.1 Å². The summed E-state index contributed by atoms with van der Waals surface area (Å²) < 4.78 is 39.7. The Morgan fingerprint density at radius 2 is 2.00 bits per heavy atom. The molecule has 7 nitrogen and oxygen atoms in total. The molecule has 2 fully saturated rings. The zero-order valence-electron chi connectivity index (χ0n) is 16.4. The zero-order chi connectivity index (χ0) is 21.0. The first-order valence-corrected chi connectivity index (χ1v) is 11.8. The molecule has 0 bridgehead atoms. The summed E-state index contributed by atoms with van der Waals surface area (Å²) in [5.41, 5.74) is 2.41. The minimum Gasteiger partial charge on any atom is -0.319 e. The van der Waals surface area contributed by atoms with Crippen molar-refractivity contribution < 1.29 is 17.6 Å². The van der Waals surface area contributed by atoms with Gasteiger partial charge in [-0.1, -0.05) is 12.1 Å². The van der Waals surface area contributed by atoms with Gasteiger partial charge in [-0.2, -0.15) is 5.10 Å². The largest absolute Gasteiger partial charge is 0.319 e. The number of para-hydroxylation sites is 1. The molecule has 2 aromatic heterocycles. The fourth-order valence-electron chi connectivity index (χ4n) is 4.07. The molecule has 0 radical (unpaired) electrons. The highest BCUT2D eigenvalue weighted by Gasteiger charge is 2.34. The second-order valence-electron chi connectivity index (χ2n) is 8.09. The SMILES string of the molecule is Cc1nn([C@@H]2CCS(=O)(=O)C2)c2nc(C3CC3)cc(C(=O)Nc3ccccc3F)c12. The molecular weight excluding hydrogens is 407 g/mol. The quantitative estimate of drug-likeness (QED) is 0.688. The monoisotopic (exact) mass is 428 g/mol. The second-order valence-corrected chi connectivity index (χ2v) is 10.3. The van der Waals surface area contributed by atoms with Gasteiger partial charge in [-0.3, -0.25) is 4.79 Å². The van der Waals surface area contributed by atoms with Crippen LogP contribution in [0.1, 0.15) is 53.0 Å². The van der Waals surface area contributed by atoms with Gasteiger partial charge in [-0.15, -0.1) is 0 Å². The zero-order valence-corrected chi connectivity index (χ0v) is 17.2. The van der Waals surface area contributed by atoms with Gasteiger partial charge in [0.05, 0.1) is 39.9 Å². The topological polar surface area (TPSA) is 93.9 Å². The third-order valence-corrected chi connectivity index (χ3v) is 7.52. The molecule has 5 rings (SSSR count). The van der Waals surface area contributed by atoms with Gasteiger partial charge >= 0.3 is 0 Å². The highest BCUT2D eigenvalue weighted by atomic mass is 32.2. The summed E-state index contributed by atoms with van der Waals surface area (Å²) in [5.74, 6) is -0.514. The van der Waals surface area contributed by atoms with Crippen molar-refractivity contribution in [2.45, 2.75) is 38.1 Å².